The Hall–Kier alpha value is -2.18. The Kier molecular flexibility index (Phi) is 5.54. The van der Waals surface area contributed by atoms with Crippen molar-refractivity contribution in [3.63, 3.8) is 0 Å². The van der Waals surface area contributed by atoms with Gasteiger partial charge >= 0.3 is 208 Å². The van der Waals surface area contributed by atoms with Gasteiger partial charge in [-0.3, -0.25) is 0 Å². The fourth-order valence-corrected chi connectivity index (χ4v) is 17.1. The van der Waals surface area contributed by atoms with Crippen LogP contribution in [-0.4, -0.2) is 0 Å². The van der Waals surface area contributed by atoms with Crippen LogP contribution in [0.5, 0.6) is 0 Å². The first-order chi connectivity index (χ1) is 16.1. The molecule has 0 saturated heterocycles. The second-order valence-corrected chi connectivity index (χ2v) is 23.5. The van der Waals surface area contributed by atoms with E-state index in [1.807, 2.05) is 0 Å². The molecule has 2 aliphatic rings. The van der Waals surface area contributed by atoms with Gasteiger partial charge in [0.2, 0.25) is 0 Å². The molecule has 4 aromatic carbocycles. The summed E-state index contributed by atoms with van der Waals surface area (Å²) in [5.74, 6) is 0. The maximum atomic E-state index is 7.63. The zero-order valence-corrected chi connectivity index (χ0v) is 21.9. The van der Waals surface area contributed by atoms with Crippen LogP contribution in [0.15, 0.2) is 109 Å². The number of benzene rings is 4. The molecule has 0 spiro atoms. The molecule has 0 bridgehead atoms. The van der Waals surface area contributed by atoms with Gasteiger partial charge in [0, 0.05) is 0 Å². The predicted octanol–water partition coefficient (Wildman–Crippen LogP) is 9.18. The van der Waals surface area contributed by atoms with Crippen LogP contribution in [0.4, 0.5) is 0 Å². The zero-order chi connectivity index (χ0) is 22.4. The number of rotatable bonds is 4. The molecule has 2 atom stereocenters. The third-order valence-corrected chi connectivity index (χ3v) is 18.9. The van der Waals surface area contributed by atoms with Crippen molar-refractivity contribution in [3.05, 3.63) is 137 Å². The Morgan fingerprint density at radius 3 is 2.00 bits per heavy atom. The Morgan fingerprint density at radius 2 is 1.24 bits per heavy atom. The van der Waals surface area contributed by atoms with Crippen molar-refractivity contribution >= 4 is 34.8 Å². The normalized spacial score (nSPS) is 18.7. The summed E-state index contributed by atoms with van der Waals surface area (Å²) in [5.41, 5.74) is 9.96. The minimum absolute atomic E-state index is 0.0458. The molecule has 4 aromatic rings. The van der Waals surface area contributed by atoms with Crippen molar-refractivity contribution < 1.29 is 17.9 Å². The predicted molar refractivity (Wildman–Crippen MR) is 139 cm³/mol. The molecule has 6 rings (SSSR count). The van der Waals surface area contributed by atoms with Gasteiger partial charge in [-0.15, -0.1) is 0 Å². The van der Waals surface area contributed by atoms with Crippen LogP contribution in [0.2, 0.25) is 0 Å². The third kappa shape index (κ3) is 3.62. The second-order valence-electron chi connectivity index (χ2n) is 8.71. The average Bonchev–Trinajstić information content (AvgIpc) is 3.48. The summed E-state index contributed by atoms with van der Waals surface area (Å²) in [6.07, 6.45) is 6.79. The standard InChI is InChI=1S/C21H15.C9H7.2ClH.Zr/c1-3-8-16(9-4-1)19-14-18-12-7-13-20(21(18)15-19)17-10-5-2-6-11-17;1-2-5-9-7-3-6-8(9)4-1;;;/h1-15H;1-7H;2*1H;/q;;;;+2/p-2. The molecular weight excluding hydrogens is 522 g/mol. The summed E-state index contributed by atoms with van der Waals surface area (Å²) in [6, 6.07) is 36.3. The van der Waals surface area contributed by atoms with Crippen molar-refractivity contribution in [2.75, 3.05) is 0 Å². The van der Waals surface area contributed by atoms with Crippen molar-refractivity contribution in [1.29, 1.82) is 0 Å². The van der Waals surface area contributed by atoms with E-state index in [-0.39, 0.29) is 7.25 Å². The SMILES string of the molecule is [Cl][Zr]([Cl])([CH]1C=Cc2ccccc21)[CH]1C(c2ccccc2)=Cc2c(-c3ccccc3)cccc21. The summed E-state index contributed by atoms with van der Waals surface area (Å²) in [4.78, 5) is 0. The van der Waals surface area contributed by atoms with Crippen LogP contribution in [-0.2, 0) is 17.9 Å². The summed E-state index contributed by atoms with van der Waals surface area (Å²) >= 11 is -3.88. The summed E-state index contributed by atoms with van der Waals surface area (Å²) in [5, 5.41) is 0. The molecule has 0 amide bonds. The molecule has 0 aliphatic heterocycles. The van der Waals surface area contributed by atoms with Crippen LogP contribution in [0, 0.1) is 0 Å². The molecule has 2 unspecified atom stereocenters. The molecular formula is C30H22Cl2Zr. The van der Waals surface area contributed by atoms with Gasteiger partial charge in [0.15, 0.2) is 0 Å². The van der Waals surface area contributed by atoms with Crippen LogP contribution >= 0.6 is 17.0 Å². The Balaban J connectivity index is 1.55. The first kappa shape index (κ1) is 21.4. The van der Waals surface area contributed by atoms with E-state index >= 15 is 0 Å². The van der Waals surface area contributed by atoms with Gasteiger partial charge in [-0.05, 0) is 0 Å². The first-order valence-corrected chi connectivity index (χ1v) is 20.4. The van der Waals surface area contributed by atoms with Crippen LogP contribution in [0.1, 0.15) is 35.1 Å². The molecule has 0 radical (unpaired) electrons. The van der Waals surface area contributed by atoms with Crippen molar-refractivity contribution in [1.82, 2.24) is 0 Å². The maximum absolute atomic E-state index is 7.63. The number of hydrogen-bond donors (Lipinski definition) is 0. The molecule has 160 valence electrons. The van der Waals surface area contributed by atoms with E-state index < -0.39 is 17.9 Å². The fourth-order valence-electron chi connectivity index (χ4n) is 5.33. The summed E-state index contributed by atoms with van der Waals surface area (Å²) < 4.78 is 0.159. The summed E-state index contributed by atoms with van der Waals surface area (Å²) in [7, 11) is 15.3. The van der Waals surface area contributed by atoms with E-state index in [1.54, 1.807) is 0 Å². The fraction of sp³-hybridized carbons (Fsp3) is 0.0667. The van der Waals surface area contributed by atoms with Gasteiger partial charge in [0.25, 0.3) is 0 Å². The number of allylic oxidation sites excluding steroid dienone is 2. The van der Waals surface area contributed by atoms with Gasteiger partial charge in [0.05, 0.1) is 0 Å². The number of fused-ring (bicyclic) bond motifs is 2. The molecule has 0 heterocycles. The van der Waals surface area contributed by atoms with Crippen LogP contribution < -0.4 is 0 Å². The quantitative estimate of drug-likeness (QED) is 0.240. The first-order valence-electron chi connectivity index (χ1n) is 11.2. The van der Waals surface area contributed by atoms with E-state index in [1.165, 1.54) is 44.5 Å². The molecule has 0 fully saturated rings. The van der Waals surface area contributed by atoms with E-state index in [2.05, 4.69) is 121 Å². The molecule has 0 N–H and O–H groups in total. The second kappa shape index (κ2) is 8.55. The molecule has 33 heavy (non-hydrogen) atoms. The molecule has 2 aliphatic carbocycles. The zero-order valence-electron chi connectivity index (χ0n) is 18.0. The number of halogens is 2. The molecule has 0 saturated carbocycles. The van der Waals surface area contributed by atoms with E-state index in [0.29, 0.717) is 0 Å². The van der Waals surface area contributed by atoms with Crippen molar-refractivity contribution in [2.24, 2.45) is 0 Å². The van der Waals surface area contributed by atoms with Crippen molar-refractivity contribution in [2.45, 2.75) is 7.25 Å². The van der Waals surface area contributed by atoms with Gasteiger partial charge in [-0.1, -0.05) is 0 Å². The van der Waals surface area contributed by atoms with Crippen molar-refractivity contribution in [3.8, 4) is 11.1 Å². The molecule has 0 aromatic heterocycles. The van der Waals surface area contributed by atoms with Crippen LogP contribution in [0.3, 0.4) is 0 Å². The molecule has 0 nitrogen and oxygen atoms in total. The van der Waals surface area contributed by atoms with Gasteiger partial charge in [0.1, 0.15) is 0 Å². The monoisotopic (exact) mass is 542 g/mol. The van der Waals surface area contributed by atoms with Gasteiger partial charge in [-0.25, -0.2) is 0 Å². The average molecular weight is 545 g/mol. The van der Waals surface area contributed by atoms with Gasteiger partial charge in [-0.2, -0.15) is 0 Å². The topological polar surface area (TPSA) is 0 Å². The van der Waals surface area contributed by atoms with E-state index in [9.17, 15) is 0 Å². The third-order valence-electron chi connectivity index (χ3n) is 6.85. The van der Waals surface area contributed by atoms with Gasteiger partial charge < -0.3 is 0 Å². The Labute approximate surface area is 206 Å². The Bertz CT molecular complexity index is 1390. The Morgan fingerprint density at radius 1 is 0.606 bits per heavy atom. The molecule has 3 heteroatoms. The number of hydrogen-bond acceptors (Lipinski definition) is 0. The van der Waals surface area contributed by atoms with Crippen LogP contribution in [0.25, 0.3) is 28.9 Å². The van der Waals surface area contributed by atoms with E-state index in [0.717, 1.165) is 0 Å². The summed E-state index contributed by atoms with van der Waals surface area (Å²) in [6.45, 7) is 0. The van der Waals surface area contributed by atoms with E-state index in [4.69, 9.17) is 17.0 Å². The minimum atomic E-state index is -3.88.